The number of non-ortho nitro benzene ring substituents is 1. The maximum atomic E-state index is 13.1. The number of nitro benzene ring substituents is 1. The maximum Gasteiger partial charge on any atom is 0.333 e. The highest BCUT2D eigenvalue weighted by Crippen LogP contribution is 2.46. The molecule has 0 saturated carbocycles. The van der Waals surface area contributed by atoms with E-state index in [4.69, 9.17) is 4.74 Å². The molecule has 30 heavy (non-hydrogen) atoms. The zero-order chi connectivity index (χ0) is 21.6. The molecule has 2 heterocycles. The smallest absolute Gasteiger partial charge is 0.333 e. The van der Waals surface area contributed by atoms with Crippen molar-refractivity contribution in [3.63, 3.8) is 0 Å². The van der Waals surface area contributed by atoms with Crippen LogP contribution in [0.1, 0.15) is 36.0 Å². The molecule has 154 valence electrons. The normalized spacial score (nSPS) is 20.3. The van der Waals surface area contributed by atoms with Gasteiger partial charge in [0.1, 0.15) is 5.60 Å². The van der Waals surface area contributed by atoms with Crippen LogP contribution in [0.15, 0.2) is 64.2 Å². The zero-order valence-electron chi connectivity index (χ0n) is 16.9. The second-order valence-corrected chi connectivity index (χ2v) is 7.73. The number of benzene rings is 2. The van der Waals surface area contributed by atoms with E-state index in [1.54, 1.807) is 19.2 Å². The summed E-state index contributed by atoms with van der Waals surface area (Å²) in [5.74, 6) is -0.172. The third kappa shape index (κ3) is 3.01. The van der Waals surface area contributed by atoms with Crippen molar-refractivity contribution < 1.29 is 9.66 Å². The van der Waals surface area contributed by atoms with E-state index in [1.807, 2.05) is 37.3 Å². The molecule has 0 amide bonds. The Labute approximate surface area is 172 Å². The molecular weight excluding hydrogens is 386 g/mol. The topological polar surface area (TPSA) is 96.4 Å². The molecule has 1 aliphatic heterocycles. The fourth-order valence-electron chi connectivity index (χ4n) is 4.10. The molecule has 0 radical (unpaired) electrons. The number of hydrogen-bond acceptors (Lipinski definition) is 5. The van der Waals surface area contributed by atoms with Gasteiger partial charge in [0.2, 0.25) is 5.88 Å². The van der Waals surface area contributed by atoms with Crippen LogP contribution in [0, 0.1) is 10.1 Å². The minimum Gasteiger partial charge on any atom is -0.467 e. The van der Waals surface area contributed by atoms with Crippen molar-refractivity contribution in [2.24, 2.45) is 14.1 Å². The molecule has 3 aromatic rings. The number of aromatic nitrogens is 2. The molecular formula is C22H21N3O5. The van der Waals surface area contributed by atoms with Crippen molar-refractivity contribution >= 4 is 5.69 Å². The van der Waals surface area contributed by atoms with Crippen LogP contribution in [0.2, 0.25) is 0 Å². The van der Waals surface area contributed by atoms with E-state index in [-0.39, 0.29) is 11.6 Å². The predicted molar refractivity (Wildman–Crippen MR) is 111 cm³/mol. The van der Waals surface area contributed by atoms with Gasteiger partial charge >= 0.3 is 5.69 Å². The SMILES string of the molecule is Cn1c2c(c(=O)n(C)c1=O)[C@@H](c1ccc([N+](=O)[O-])cc1)C[C@@](C)(c1ccccc1)O2. The summed E-state index contributed by atoms with van der Waals surface area (Å²) in [6, 6.07) is 15.8. The van der Waals surface area contributed by atoms with E-state index in [2.05, 4.69) is 0 Å². The monoisotopic (exact) mass is 407 g/mol. The zero-order valence-corrected chi connectivity index (χ0v) is 16.9. The van der Waals surface area contributed by atoms with Crippen LogP contribution in [0.5, 0.6) is 5.88 Å². The summed E-state index contributed by atoms with van der Waals surface area (Å²) in [5, 5.41) is 11.1. The Morgan fingerprint density at radius 2 is 1.67 bits per heavy atom. The average molecular weight is 407 g/mol. The summed E-state index contributed by atoms with van der Waals surface area (Å²) in [6.07, 6.45) is 0.440. The Balaban J connectivity index is 1.96. The van der Waals surface area contributed by atoms with Crippen LogP contribution >= 0.6 is 0 Å². The highest BCUT2D eigenvalue weighted by molar-refractivity contribution is 5.44. The van der Waals surface area contributed by atoms with E-state index in [0.717, 1.165) is 15.7 Å². The lowest BCUT2D eigenvalue weighted by Gasteiger charge is -2.40. The second kappa shape index (κ2) is 6.98. The molecule has 0 unspecified atom stereocenters. The quantitative estimate of drug-likeness (QED) is 0.491. The van der Waals surface area contributed by atoms with Crippen molar-refractivity contribution in [3.05, 3.63) is 102 Å². The Hall–Kier alpha value is -3.68. The molecule has 1 aliphatic rings. The highest BCUT2D eigenvalue weighted by Gasteiger charge is 2.42. The summed E-state index contributed by atoms with van der Waals surface area (Å²) in [6.45, 7) is 1.92. The lowest BCUT2D eigenvalue weighted by Crippen LogP contribution is -2.46. The van der Waals surface area contributed by atoms with E-state index in [1.165, 1.54) is 23.7 Å². The molecule has 0 N–H and O–H groups in total. The average Bonchev–Trinajstić information content (AvgIpc) is 2.76. The van der Waals surface area contributed by atoms with Crippen molar-refractivity contribution in [2.75, 3.05) is 0 Å². The van der Waals surface area contributed by atoms with Gasteiger partial charge in [-0.1, -0.05) is 42.5 Å². The van der Waals surface area contributed by atoms with Gasteiger partial charge in [0, 0.05) is 38.6 Å². The molecule has 8 heteroatoms. The molecule has 0 spiro atoms. The number of rotatable bonds is 3. The summed E-state index contributed by atoms with van der Waals surface area (Å²) in [4.78, 5) is 36.2. The minimum atomic E-state index is -0.794. The summed E-state index contributed by atoms with van der Waals surface area (Å²) in [7, 11) is 3.01. The van der Waals surface area contributed by atoms with Gasteiger partial charge in [-0.3, -0.25) is 24.0 Å². The first-order valence-corrected chi connectivity index (χ1v) is 9.52. The number of nitrogens with zero attached hydrogens (tertiary/aromatic N) is 3. The van der Waals surface area contributed by atoms with Gasteiger partial charge in [-0.15, -0.1) is 0 Å². The third-order valence-electron chi connectivity index (χ3n) is 5.80. The lowest BCUT2D eigenvalue weighted by atomic mass is 9.77. The lowest BCUT2D eigenvalue weighted by molar-refractivity contribution is -0.384. The van der Waals surface area contributed by atoms with Gasteiger partial charge in [0.05, 0.1) is 10.5 Å². The number of ether oxygens (including phenoxy) is 1. The molecule has 0 bridgehead atoms. The highest BCUT2D eigenvalue weighted by atomic mass is 16.6. The molecule has 2 aromatic carbocycles. The van der Waals surface area contributed by atoms with Crippen LogP contribution < -0.4 is 16.0 Å². The van der Waals surface area contributed by atoms with Crippen LogP contribution in [-0.4, -0.2) is 14.1 Å². The Morgan fingerprint density at radius 1 is 1.03 bits per heavy atom. The largest absolute Gasteiger partial charge is 0.467 e. The summed E-state index contributed by atoms with van der Waals surface area (Å²) in [5.41, 5.74) is 0.327. The maximum absolute atomic E-state index is 13.1. The molecule has 0 fully saturated rings. The molecule has 1 aromatic heterocycles. The fraction of sp³-hybridized carbons (Fsp3) is 0.273. The third-order valence-corrected chi connectivity index (χ3v) is 5.80. The van der Waals surface area contributed by atoms with Crippen LogP contribution in [0.25, 0.3) is 0 Å². The van der Waals surface area contributed by atoms with Crippen molar-refractivity contribution in [1.29, 1.82) is 0 Å². The molecule has 0 saturated heterocycles. The number of hydrogen-bond donors (Lipinski definition) is 0. The summed E-state index contributed by atoms with van der Waals surface area (Å²) >= 11 is 0. The van der Waals surface area contributed by atoms with Gasteiger partial charge in [-0.25, -0.2) is 4.79 Å². The molecule has 8 nitrogen and oxygen atoms in total. The van der Waals surface area contributed by atoms with Crippen molar-refractivity contribution in [1.82, 2.24) is 9.13 Å². The molecule has 4 rings (SSSR count). The molecule has 0 aliphatic carbocycles. The van der Waals surface area contributed by atoms with E-state index in [9.17, 15) is 19.7 Å². The first-order chi connectivity index (χ1) is 14.2. The standard InChI is InChI=1S/C22H21N3O5/c1-22(15-7-5-4-6-8-15)13-17(14-9-11-16(12-10-14)25(28)29)18-19(26)23(2)21(27)24(3)20(18)30-22/h4-12,17H,13H2,1-3H3/t17-,22+/m1/s1. The van der Waals surface area contributed by atoms with Gasteiger partial charge in [-0.2, -0.15) is 0 Å². The first-order valence-electron chi connectivity index (χ1n) is 9.52. The van der Waals surface area contributed by atoms with Gasteiger partial charge < -0.3 is 4.74 Å². The second-order valence-electron chi connectivity index (χ2n) is 7.73. The van der Waals surface area contributed by atoms with E-state index < -0.39 is 27.7 Å². The first kappa shape index (κ1) is 19.6. The minimum absolute atomic E-state index is 0.0229. The summed E-state index contributed by atoms with van der Waals surface area (Å²) < 4.78 is 8.71. The van der Waals surface area contributed by atoms with Gasteiger partial charge in [0.25, 0.3) is 11.2 Å². The van der Waals surface area contributed by atoms with Crippen LogP contribution in [0.4, 0.5) is 5.69 Å². The Bertz CT molecular complexity index is 1240. The fourth-order valence-corrected chi connectivity index (χ4v) is 4.10. The number of fused-ring (bicyclic) bond motifs is 1. The Kier molecular flexibility index (Phi) is 4.57. The number of nitro groups is 1. The van der Waals surface area contributed by atoms with Crippen LogP contribution in [0.3, 0.4) is 0 Å². The molecule has 2 atom stereocenters. The Morgan fingerprint density at radius 3 is 2.27 bits per heavy atom. The van der Waals surface area contributed by atoms with E-state index >= 15 is 0 Å². The van der Waals surface area contributed by atoms with E-state index in [0.29, 0.717) is 12.0 Å². The van der Waals surface area contributed by atoms with Crippen LogP contribution in [-0.2, 0) is 19.7 Å². The van der Waals surface area contributed by atoms with Crippen molar-refractivity contribution in [3.8, 4) is 5.88 Å². The predicted octanol–water partition coefficient (Wildman–Crippen LogP) is 2.82. The van der Waals surface area contributed by atoms with Gasteiger partial charge in [0.15, 0.2) is 0 Å². The van der Waals surface area contributed by atoms with Crippen molar-refractivity contribution in [2.45, 2.75) is 24.9 Å². The van der Waals surface area contributed by atoms with Gasteiger partial charge in [-0.05, 0) is 18.1 Å².